The first-order chi connectivity index (χ1) is 16.0. The molecule has 3 aromatic carbocycles. The lowest BCUT2D eigenvalue weighted by molar-refractivity contribution is 0.306. The third-order valence-electron chi connectivity index (χ3n) is 5.79. The highest BCUT2D eigenvalue weighted by Crippen LogP contribution is 2.34. The number of ether oxygens (including phenoxy) is 2. The summed E-state index contributed by atoms with van der Waals surface area (Å²) in [4.78, 5) is 6.44. The number of benzene rings is 3. The molecule has 0 amide bonds. The van der Waals surface area contributed by atoms with Crippen LogP contribution in [0.15, 0.2) is 78.6 Å². The van der Waals surface area contributed by atoms with Crippen LogP contribution in [-0.4, -0.2) is 34.1 Å². The predicted octanol–water partition coefficient (Wildman–Crippen LogP) is 4.93. The maximum Gasteiger partial charge on any atom is 0.148 e. The summed E-state index contributed by atoms with van der Waals surface area (Å²) in [5.41, 5.74) is 3.91. The second-order valence-corrected chi connectivity index (χ2v) is 7.88. The SMILES string of the molecule is COc1ccc2c(c1)nc(C1=C(O)CN(c3cccc(OCc4ccccc4)c3)C1=N)n2C. The van der Waals surface area contributed by atoms with Crippen LogP contribution in [0.2, 0.25) is 0 Å². The number of imidazole rings is 1. The molecule has 0 radical (unpaired) electrons. The largest absolute Gasteiger partial charge is 0.509 e. The monoisotopic (exact) mass is 440 g/mol. The van der Waals surface area contributed by atoms with E-state index in [-0.39, 0.29) is 18.1 Å². The van der Waals surface area contributed by atoms with Crippen molar-refractivity contribution in [2.24, 2.45) is 7.05 Å². The van der Waals surface area contributed by atoms with Crippen LogP contribution in [0.25, 0.3) is 16.6 Å². The number of hydrogen-bond donors (Lipinski definition) is 2. The van der Waals surface area contributed by atoms with Crippen LogP contribution in [-0.2, 0) is 13.7 Å². The van der Waals surface area contributed by atoms with Crippen LogP contribution in [0, 0.1) is 5.41 Å². The van der Waals surface area contributed by atoms with Gasteiger partial charge in [-0.3, -0.25) is 5.41 Å². The molecule has 1 aromatic heterocycles. The summed E-state index contributed by atoms with van der Waals surface area (Å²) in [7, 11) is 3.49. The summed E-state index contributed by atoms with van der Waals surface area (Å²) in [5, 5.41) is 19.6. The molecular weight excluding hydrogens is 416 g/mol. The van der Waals surface area contributed by atoms with E-state index in [1.165, 1.54) is 0 Å². The molecule has 0 spiro atoms. The Hall–Kier alpha value is -4.26. The first-order valence-electron chi connectivity index (χ1n) is 10.6. The number of nitrogens with zero attached hydrogens (tertiary/aromatic N) is 3. The minimum atomic E-state index is 0.112. The van der Waals surface area contributed by atoms with Crippen molar-refractivity contribution < 1.29 is 14.6 Å². The van der Waals surface area contributed by atoms with Crippen molar-refractivity contribution in [1.82, 2.24) is 9.55 Å². The predicted molar refractivity (Wildman–Crippen MR) is 129 cm³/mol. The van der Waals surface area contributed by atoms with E-state index in [0.717, 1.165) is 22.3 Å². The molecule has 0 aliphatic carbocycles. The van der Waals surface area contributed by atoms with Crippen molar-refractivity contribution in [3.63, 3.8) is 0 Å². The Morgan fingerprint density at radius 3 is 2.61 bits per heavy atom. The molecule has 0 saturated heterocycles. The molecule has 0 saturated carbocycles. The van der Waals surface area contributed by atoms with E-state index in [0.29, 0.717) is 29.5 Å². The van der Waals surface area contributed by atoms with Crippen LogP contribution in [0.5, 0.6) is 11.5 Å². The van der Waals surface area contributed by atoms with Crippen LogP contribution < -0.4 is 14.4 Å². The van der Waals surface area contributed by atoms with Crippen molar-refractivity contribution in [3.05, 3.63) is 89.9 Å². The van der Waals surface area contributed by atoms with E-state index in [1.54, 1.807) is 12.0 Å². The average molecular weight is 441 g/mol. The number of amidine groups is 1. The molecule has 7 nitrogen and oxygen atoms in total. The molecular formula is C26H24N4O3. The zero-order valence-electron chi connectivity index (χ0n) is 18.4. The third kappa shape index (κ3) is 3.78. The van der Waals surface area contributed by atoms with Gasteiger partial charge in [-0.15, -0.1) is 0 Å². The number of nitrogens with one attached hydrogen (secondary N) is 1. The first-order valence-corrected chi connectivity index (χ1v) is 10.6. The first kappa shape index (κ1) is 20.6. The van der Waals surface area contributed by atoms with Crippen molar-refractivity contribution in [2.45, 2.75) is 6.61 Å². The summed E-state index contributed by atoms with van der Waals surface area (Å²) in [6, 6.07) is 23.2. The highest BCUT2D eigenvalue weighted by Gasteiger charge is 2.32. The van der Waals surface area contributed by atoms with E-state index in [4.69, 9.17) is 14.9 Å². The summed E-state index contributed by atoms with van der Waals surface area (Å²) in [5.74, 6) is 2.26. The highest BCUT2D eigenvalue weighted by atomic mass is 16.5. The van der Waals surface area contributed by atoms with Gasteiger partial charge in [0.2, 0.25) is 0 Å². The standard InChI is InChI=1S/C26H24N4O3/c1-29-22-12-11-19(32-2)14-21(22)28-26(29)24-23(31)15-30(25(24)27)18-9-6-10-20(13-18)33-16-17-7-4-3-5-8-17/h3-14,27,31H,15-16H2,1-2H3. The minimum absolute atomic E-state index is 0.112. The number of aliphatic hydroxyl groups excluding tert-OH is 1. The summed E-state index contributed by atoms with van der Waals surface area (Å²) in [6.45, 7) is 0.655. The molecule has 166 valence electrons. The number of anilines is 1. The van der Waals surface area contributed by atoms with Gasteiger partial charge >= 0.3 is 0 Å². The molecule has 7 heteroatoms. The van der Waals surface area contributed by atoms with E-state index in [2.05, 4.69) is 4.98 Å². The average Bonchev–Trinajstić information content (AvgIpc) is 3.32. The Labute approximate surface area is 191 Å². The molecule has 33 heavy (non-hydrogen) atoms. The highest BCUT2D eigenvalue weighted by molar-refractivity contribution is 6.30. The number of methoxy groups -OCH3 is 1. The van der Waals surface area contributed by atoms with Crippen LogP contribution in [0.1, 0.15) is 11.4 Å². The van der Waals surface area contributed by atoms with E-state index >= 15 is 0 Å². The maximum atomic E-state index is 10.8. The number of rotatable bonds is 6. The van der Waals surface area contributed by atoms with Crippen molar-refractivity contribution in [1.29, 1.82) is 5.41 Å². The second kappa shape index (κ2) is 8.35. The van der Waals surface area contributed by atoms with Crippen LogP contribution >= 0.6 is 0 Å². The zero-order valence-corrected chi connectivity index (χ0v) is 18.4. The van der Waals surface area contributed by atoms with E-state index < -0.39 is 0 Å². The molecule has 1 aliphatic heterocycles. The van der Waals surface area contributed by atoms with E-state index in [1.807, 2.05) is 84.4 Å². The Morgan fingerprint density at radius 1 is 1.00 bits per heavy atom. The quantitative estimate of drug-likeness (QED) is 0.444. The molecule has 0 unspecified atom stereocenters. The smallest absolute Gasteiger partial charge is 0.148 e. The fourth-order valence-corrected chi connectivity index (χ4v) is 4.05. The molecule has 1 aliphatic rings. The molecule has 0 fully saturated rings. The van der Waals surface area contributed by atoms with Gasteiger partial charge in [0.15, 0.2) is 0 Å². The number of aliphatic hydroxyl groups is 1. The Morgan fingerprint density at radius 2 is 1.82 bits per heavy atom. The number of hydrogen-bond acceptors (Lipinski definition) is 5. The Kier molecular flexibility index (Phi) is 5.22. The second-order valence-electron chi connectivity index (χ2n) is 7.88. The summed E-state index contributed by atoms with van der Waals surface area (Å²) < 4.78 is 13.1. The van der Waals surface area contributed by atoms with Gasteiger partial charge in [0.05, 0.1) is 30.3 Å². The molecule has 2 N–H and O–H groups in total. The van der Waals surface area contributed by atoms with Gasteiger partial charge in [0.1, 0.15) is 35.5 Å². The number of fused-ring (bicyclic) bond motifs is 1. The van der Waals surface area contributed by atoms with Gasteiger partial charge in [0, 0.05) is 24.9 Å². The third-order valence-corrected chi connectivity index (χ3v) is 5.79. The van der Waals surface area contributed by atoms with Crippen molar-refractivity contribution >= 4 is 28.1 Å². The lowest BCUT2D eigenvalue weighted by atomic mass is 10.2. The fraction of sp³-hybridized carbons (Fsp3) is 0.154. The van der Waals surface area contributed by atoms with Gasteiger partial charge in [-0.25, -0.2) is 4.98 Å². The van der Waals surface area contributed by atoms with Gasteiger partial charge in [-0.05, 0) is 29.8 Å². The molecule has 2 heterocycles. The Bertz CT molecular complexity index is 1380. The van der Waals surface area contributed by atoms with Crippen LogP contribution in [0.3, 0.4) is 0 Å². The van der Waals surface area contributed by atoms with Gasteiger partial charge in [-0.1, -0.05) is 36.4 Å². The molecule has 0 bridgehead atoms. The minimum Gasteiger partial charge on any atom is -0.509 e. The van der Waals surface area contributed by atoms with Gasteiger partial charge in [-0.2, -0.15) is 0 Å². The normalized spacial score (nSPS) is 13.8. The number of aromatic nitrogens is 2. The lowest BCUT2D eigenvalue weighted by Gasteiger charge is -2.19. The molecule has 0 atom stereocenters. The molecule has 4 aromatic rings. The van der Waals surface area contributed by atoms with Crippen molar-refractivity contribution in [2.75, 3.05) is 18.6 Å². The number of aryl methyl sites for hydroxylation is 1. The zero-order chi connectivity index (χ0) is 22.9. The lowest BCUT2D eigenvalue weighted by Crippen LogP contribution is -2.26. The van der Waals surface area contributed by atoms with Crippen LogP contribution in [0.4, 0.5) is 5.69 Å². The maximum absolute atomic E-state index is 10.8. The Balaban J connectivity index is 1.40. The summed E-state index contributed by atoms with van der Waals surface area (Å²) in [6.07, 6.45) is 0. The molecule has 5 rings (SSSR count). The van der Waals surface area contributed by atoms with Gasteiger partial charge < -0.3 is 24.0 Å². The van der Waals surface area contributed by atoms with Crippen molar-refractivity contribution in [3.8, 4) is 11.5 Å². The fourth-order valence-electron chi connectivity index (χ4n) is 4.05. The topological polar surface area (TPSA) is 83.6 Å². The summed E-state index contributed by atoms with van der Waals surface area (Å²) >= 11 is 0. The van der Waals surface area contributed by atoms with Gasteiger partial charge in [0.25, 0.3) is 0 Å². The van der Waals surface area contributed by atoms with E-state index in [9.17, 15) is 5.11 Å².